The minimum Gasteiger partial charge on any atom is -0.480 e. The highest BCUT2D eigenvalue weighted by Gasteiger charge is 2.13. The fraction of sp³-hybridized carbons (Fsp3) is 0.308. The second-order valence-electron chi connectivity index (χ2n) is 4.33. The van der Waals surface area contributed by atoms with Gasteiger partial charge in [-0.05, 0) is 19.1 Å². The quantitative estimate of drug-likeness (QED) is 0.835. The van der Waals surface area contributed by atoms with Crippen molar-refractivity contribution in [3.05, 3.63) is 35.7 Å². The first kappa shape index (κ1) is 14.5. The Morgan fingerprint density at radius 1 is 1.50 bits per heavy atom. The van der Waals surface area contributed by atoms with E-state index >= 15 is 0 Å². The first-order valence-corrected chi connectivity index (χ1v) is 7.17. The molecule has 1 aromatic carbocycles. The molecule has 0 radical (unpaired) electrons. The molecule has 1 heterocycles. The number of carboxylic acids is 1. The molecule has 0 aliphatic heterocycles. The Labute approximate surface area is 120 Å². The van der Waals surface area contributed by atoms with Crippen molar-refractivity contribution in [3.63, 3.8) is 0 Å². The standard InChI is InChI=1S/C13H15N3O3S/c1-8-3-2-4-9(5-8)12-16-15-11(19-12)7-20-6-10(14)13(17)18/h2-5,10H,6-7,14H2,1H3,(H,17,18). The summed E-state index contributed by atoms with van der Waals surface area (Å²) in [6, 6.07) is 6.90. The summed E-state index contributed by atoms with van der Waals surface area (Å²) in [6.45, 7) is 1.99. The SMILES string of the molecule is Cc1cccc(-c2nnc(CSCC(N)C(=O)O)o2)c1. The number of nitrogens with two attached hydrogens (primary N) is 1. The summed E-state index contributed by atoms with van der Waals surface area (Å²) in [5.74, 6) is 0.663. The molecular weight excluding hydrogens is 278 g/mol. The van der Waals surface area contributed by atoms with Crippen molar-refractivity contribution in [1.82, 2.24) is 10.2 Å². The highest BCUT2D eigenvalue weighted by molar-refractivity contribution is 7.98. The number of benzene rings is 1. The smallest absolute Gasteiger partial charge is 0.321 e. The van der Waals surface area contributed by atoms with Gasteiger partial charge in [-0.15, -0.1) is 22.0 Å². The van der Waals surface area contributed by atoms with Crippen LogP contribution in [0.5, 0.6) is 0 Å². The number of aliphatic carboxylic acids is 1. The zero-order chi connectivity index (χ0) is 14.5. The lowest BCUT2D eigenvalue weighted by Crippen LogP contribution is -2.32. The Morgan fingerprint density at radius 2 is 2.30 bits per heavy atom. The first-order chi connectivity index (χ1) is 9.56. The van der Waals surface area contributed by atoms with Crippen molar-refractivity contribution in [2.45, 2.75) is 18.7 Å². The molecular formula is C13H15N3O3S. The average molecular weight is 293 g/mol. The molecule has 0 saturated carbocycles. The molecule has 6 nitrogen and oxygen atoms in total. The molecule has 0 spiro atoms. The molecule has 20 heavy (non-hydrogen) atoms. The van der Waals surface area contributed by atoms with Crippen LogP contribution in [0.15, 0.2) is 28.7 Å². The average Bonchev–Trinajstić information content (AvgIpc) is 2.87. The third-order valence-electron chi connectivity index (χ3n) is 2.57. The van der Waals surface area contributed by atoms with E-state index in [4.69, 9.17) is 15.3 Å². The summed E-state index contributed by atoms with van der Waals surface area (Å²) < 4.78 is 5.54. The van der Waals surface area contributed by atoms with E-state index in [0.717, 1.165) is 11.1 Å². The van der Waals surface area contributed by atoms with Gasteiger partial charge in [0.25, 0.3) is 0 Å². The van der Waals surface area contributed by atoms with E-state index < -0.39 is 12.0 Å². The van der Waals surface area contributed by atoms with E-state index in [2.05, 4.69) is 10.2 Å². The predicted molar refractivity (Wildman–Crippen MR) is 76.2 cm³/mol. The highest BCUT2D eigenvalue weighted by Crippen LogP contribution is 2.20. The Kier molecular flexibility index (Phi) is 4.75. The van der Waals surface area contributed by atoms with Crippen LogP contribution in [-0.2, 0) is 10.5 Å². The van der Waals surface area contributed by atoms with Crippen molar-refractivity contribution in [1.29, 1.82) is 0 Å². The molecule has 1 aromatic heterocycles. The summed E-state index contributed by atoms with van der Waals surface area (Å²) in [7, 11) is 0. The van der Waals surface area contributed by atoms with Gasteiger partial charge in [-0.25, -0.2) is 0 Å². The van der Waals surface area contributed by atoms with Crippen LogP contribution in [0, 0.1) is 6.92 Å². The fourth-order valence-electron chi connectivity index (χ4n) is 1.55. The number of aryl methyl sites for hydroxylation is 1. The number of carbonyl (C=O) groups is 1. The molecule has 0 fully saturated rings. The van der Waals surface area contributed by atoms with Gasteiger partial charge in [0.1, 0.15) is 6.04 Å². The van der Waals surface area contributed by atoms with E-state index in [-0.39, 0.29) is 0 Å². The van der Waals surface area contributed by atoms with Gasteiger partial charge in [-0.1, -0.05) is 17.7 Å². The van der Waals surface area contributed by atoms with Gasteiger partial charge >= 0.3 is 5.97 Å². The molecule has 0 aliphatic rings. The number of rotatable bonds is 6. The second-order valence-corrected chi connectivity index (χ2v) is 5.36. The molecule has 0 aliphatic carbocycles. The number of hydrogen-bond donors (Lipinski definition) is 2. The van der Waals surface area contributed by atoms with Crippen LogP contribution in [0.2, 0.25) is 0 Å². The van der Waals surface area contributed by atoms with Gasteiger partial charge in [-0.3, -0.25) is 4.79 Å². The molecule has 2 aromatic rings. The summed E-state index contributed by atoms with van der Waals surface area (Å²) in [6.07, 6.45) is 0. The van der Waals surface area contributed by atoms with Gasteiger partial charge in [0, 0.05) is 11.3 Å². The number of aromatic nitrogens is 2. The molecule has 0 bridgehead atoms. The van der Waals surface area contributed by atoms with Crippen LogP contribution in [-0.4, -0.2) is 33.1 Å². The molecule has 106 valence electrons. The van der Waals surface area contributed by atoms with Crippen LogP contribution in [0.25, 0.3) is 11.5 Å². The number of hydrogen-bond acceptors (Lipinski definition) is 6. The summed E-state index contributed by atoms with van der Waals surface area (Å²) in [5, 5.41) is 16.6. The van der Waals surface area contributed by atoms with Crippen LogP contribution in [0.3, 0.4) is 0 Å². The van der Waals surface area contributed by atoms with Crippen LogP contribution >= 0.6 is 11.8 Å². The third-order valence-corrected chi connectivity index (χ3v) is 3.62. The Morgan fingerprint density at radius 3 is 3.00 bits per heavy atom. The summed E-state index contributed by atoms with van der Waals surface area (Å²) >= 11 is 1.35. The summed E-state index contributed by atoms with van der Waals surface area (Å²) in [4.78, 5) is 10.6. The van der Waals surface area contributed by atoms with E-state index in [1.54, 1.807) is 0 Å². The maximum Gasteiger partial charge on any atom is 0.321 e. The monoisotopic (exact) mass is 293 g/mol. The lowest BCUT2D eigenvalue weighted by Gasteiger charge is -2.03. The maximum atomic E-state index is 10.6. The van der Waals surface area contributed by atoms with Gasteiger partial charge in [0.05, 0.1) is 5.75 Å². The van der Waals surface area contributed by atoms with E-state index in [1.807, 2.05) is 31.2 Å². The largest absolute Gasteiger partial charge is 0.480 e. The molecule has 1 atom stereocenters. The van der Waals surface area contributed by atoms with E-state index in [9.17, 15) is 4.79 Å². The molecule has 2 rings (SSSR count). The first-order valence-electron chi connectivity index (χ1n) is 6.02. The lowest BCUT2D eigenvalue weighted by molar-refractivity contribution is -0.137. The van der Waals surface area contributed by atoms with Gasteiger partial charge in [0.15, 0.2) is 0 Å². The van der Waals surface area contributed by atoms with E-state index in [0.29, 0.717) is 23.3 Å². The van der Waals surface area contributed by atoms with E-state index in [1.165, 1.54) is 11.8 Å². The molecule has 0 saturated heterocycles. The lowest BCUT2D eigenvalue weighted by atomic mass is 10.1. The number of nitrogens with zero attached hydrogens (tertiary/aromatic N) is 2. The third kappa shape index (κ3) is 3.82. The van der Waals surface area contributed by atoms with Crippen molar-refractivity contribution < 1.29 is 14.3 Å². The molecule has 1 unspecified atom stereocenters. The van der Waals surface area contributed by atoms with Crippen molar-refractivity contribution in [2.24, 2.45) is 5.73 Å². The van der Waals surface area contributed by atoms with Crippen LogP contribution in [0.1, 0.15) is 11.5 Å². The highest BCUT2D eigenvalue weighted by atomic mass is 32.2. The Balaban J connectivity index is 1.94. The topological polar surface area (TPSA) is 102 Å². The van der Waals surface area contributed by atoms with Crippen molar-refractivity contribution >= 4 is 17.7 Å². The van der Waals surface area contributed by atoms with Gasteiger partial charge in [0.2, 0.25) is 11.8 Å². The van der Waals surface area contributed by atoms with Crippen LogP contribution < -0.4 is 5.73 Å². The van der Waals surface area contributed by atoms with Crippen molar-refractivity contribution in [2.75, 3.05) is 5.75 Å². The van der Waals surface area contributed by atoms with Crippen molar-refractivity contribution in [3.8, 4) is 11.5 Å². The molecule has 0 amide bonds. The zero-order valence-corrected chi connectivity index (χ0v) is 11.8. The predicted octanol–water partition coefficient (Wildman–Crippen LogP) is 1.69. The van der Waals surface area contributed by atoms with Gasteiger partial charge < -0.3 is 15.3 Å². The Hall–Kier alpha value is -1.86. The minimum absolute atomic E-state index is 0.303. The summed E-state index contributed by atoms with van der Waals surface area (Å²) in [5.41, 5.74) is 7.39. The minimum atomic E-state index is -1.01. The molecule has 7 heteroatoms. The van der Waals surface area contributed by atoms with Crippen LogP contribution in [0.4, 0.5) is 0 Å². The Bertz CT molecular complexity index is 600. The zero-order valence-electron chi connectivity index (χ0n) is 10.9. The second kappa shape index (κ2) is 6.53. The maximum absolute atomic E-state index is 10.6. The molecule has 3 N–H and O–H groups in total. The number of carboxylic acid groups (broad SMARTS) is 1. The fourth-order valence-corrected chi connectivity index (χ4v) is 2.36. The number of thioether (sulfide) groups is 1. The normalized spacial score (nSPS) is 12.3. The van der Waals surface area contributed by atoms with Gasteiger partial charge in [-0.2, -0.15) is 0 Å².